The summed E-state index contributed by atoms with van der Waals surface area (Å²) >= 11 is 16.6. The predicted molar refractivity (Wildman–Crippen MR) is 216 cm³/mol. The van der Waals surface area contributed by atoms with Crippen molar-refractivity contribution in [2.75, 3.05) is 11.1 Å². The fraction of sp³-hybridized carbons (Fsp3) is 0. The summed E-state index contributed by atoms with van der Waals surface area (Å²) in [5.74, 6) is -0.979. The Morgan fingerprint density at radius 3 is 1.47 bits per heavy atom. The van der Waals surface area contributed by atoms with Crippen LogP contribution in [0.3, 0.4) is 0 Å². The minimum atomic E-state index is -1.67. The van der Waals surface area contributed by atoms with Crippen molar-refractivity contribution in [2.24, 2.45) is 0 Å². The monoisotopic (exact) mass is 860 g/mol. The number of para-hydroxylation sites is 6. The predicted octanol–water partition coefficient (Wildman–Crippen LogP) is 8.43. The van der Waals surface area contributed by atoms with Gasteiger partial charge in [0.25, 0.3) is 11.1 Å². The standard InChI is InChI=1S/C13H9ClN4O.C8H5ClN2O.C8H6N2O2.C5H5ClN2.Cl2OS/c14-11-10(6-3-7-15-11)18-13(19)12-16-8-4-1-2-5-9(8)17-12;9-7(12)8-10-5-3-1-2-4-6(5)11-8;11-8(12)7-9-5-3-1-2-4-6(5)10-7;6-5-4(7)2-1-3-8-5;1-4(2)3/h1-7H,(H,16,17)(H,18,19);1-4H,(H,10,11);1-4H,(H,9,10)(H,11,12);1-3H,7H2;. The van der Waals surface area contributed by atoms with Crippen LogP contribution in [0.2, 0.25) is 10.3 Å². The molecule has 8 rings (SSSR count). The molecule has 7 N–H and O–H groups in total. The van der Waals surface area contributed by atoms with Crippen LogP contribution in [-0.2, 0) is 9.23 Å². The van der Waals surface area contributed by atoms with Crippen molar-refractivity contribution in [1.29, 1.82) is 0 Å². The number of aromatic nitrogens is 8. The third-order valence-corrected chi connectivity index (χ3v) is 7.36. The van der Waals surface area contributed by atoms with E-state index in [9.17, 15) is 14.4 Å². The summed E-state index contributed by atoms with van der Waals surface area (Å²) in [5.41, 5.74) is 10.8. The lowest BCUT2D eigenvalue weighted by molar-refractivity contribution is 0.0684. The topological polar surface area (TPSA) is 238 Å². The van der Waals surface area contributed by atoms with Crippen molar-refractivity contribution in [3.63, 3.8) is 0 Å². The zero-order chi connectivity index (χ0) is 39.9. The molecule has 0 spiro atoms. The third-order valence-electron chi connectivity index (χ3n) is 6.57. The lowest BCUT2D eigenvalue weighted by atomic mass is 10.3. The summed E-state index contributed by atoms with van der Waals surface area (Å²) in [4.78, 5) is 61.3. The van der Waals surface area contributed by atoms with Gasteiger partial charge in [0, 0.05) is 33.8 Å². The number of aromatic carboxylic acids is 1. The number of hydrogen-bond donors (Lipinski definition) is 6. The van der Waals surface area contributed by atoms with Crippen LogP contribution in [0.5, 0.6) is 0 Å². The van der Waals surface area contributed by atoms with Gasteiger partial charge in [-0.05, 0) is 72.3 Å². The van der Waals surface area contributed by atoms with Gasteiger partial charge in [0.1, 0.15) is 0 Å². The van der Waals surface area contributed by atoms with E-state index in [0.29, 0.717) is 22.0 Å². The van der Waals surface area contributed by atoms with Gasteiger partial charge in [-0.25, -0.2) is 33.9 Å². The van der Waals surface area contributed by atoms with E-state index < -0.39 is 20.4 Å². The SMILES string of the molecule is Nc1cccnc1Cl.O=C(Cl)c1nc2ccccc2[nH]1.O=C(Nc1cccnc1Cl)c1nc2ccccc2[nH]1.O=C(O)c1nc2ccccc2[nH]1.O=S(Cl)Cl. The molecule has 15 nitrogen and oxygen atoms in total. The average molecular weight is 863 g/mol. The number of benzene rings is 3. The molecule has 0 fully saturated rings. The number of H-pyrrole nitrogens is 3. The van der Waals surface area contributed by atoms with E-state index in [2.05, 4.69) is 66.6 Å². The number of halogens is 5. The lowest BCUT2D eigenvalue weighted by Crippen LogP contribution is -2.14. The van der Waals surface area contributed by atoms with Crippen molar-refractivity contribution in [1.82, 2.24) is 39.9 Å². The fourth-order valence-electron chi connectivity index (χ4n) is 4.22. The Bertz CT molecular complexity index is 2370. The molecule has 1 amide bonds. The first kappa shape index (κ1) is 42.1. The van der Waals surface area contributed by atoms with Crippen LogP contribution in [0.4, 0.5) is 11.4 Å². The van der Waals surface area contributed by atoms with Crippen LogP contribution in [0.15, 0.2) is 109 Å². The highest BCUT2D eigenvalue weighted by atomic mass is 36.0. The van der Waals surface area contributed by atoms with Gasteiger partial charge >= 0.3 is 5.97 Å². The number of anilines is 2. The minimum absolute atomic E-state index is 0.0174. The molecule has 5 heterocycles. The number of aromatic amines is 3. The molecule has 8 aromatic rings. The van der Waals surface area contributed by atoms with Gasteiger partial charge in [0.05, 0.1) is 44.5 Å². The van der Waals surface area contributed by atoms with Crippen molar-refractivity contribution >= 4 is 127 Å². The zero-order valence-electron chi connectivity index (χ0n) is 27.6. The first-order valence-electron chi connectivity index (χ1n) is 15.1. The largest absolute Gasteiger partial charge is 0.475 e. The van der Waals surface area contributed by atoms with Crippen LogP contribution >= 0.6 is 56.2 Å². The number of fused-ring (bicyclic) bond motifs is 3. The molecule has 0 aliphatic rings. The summed E-state index contributed by atoms with van der Waals surface area (Å²) in [5, 5.41) is 11.3. The van der Waals surface area contributed by atoms with Gasteiger partial charge in [-0.1, -0.05) is 59.6 Å². The van der Waals surface area contributed by atoms with E-state index in [4.69, 9.17) is 49.9 Å². The molecular weight excluding hydrogens is 838 g/mol. The summed E-state index contributed by atoms with van der Waals surface area (Å²) in [6, 6.07) is 28.8. The Hall–Kier alpha value is -5.62. The summed E-state index contributed by atoms with van der Waals surface area (Å²) in [7, 11) is 7.36. The van der Waals surface area contributed by atoms with E-state index in [1.54, 1.807) is 48.8 Å². The number of carbonyl (C=O) groups is 3. The molecule has 0 radical (unpaired) electrons. The second kappa shape index (κ2) is 20.7. The molecule has 0 aliphatic carbocycles. The highest BCUT2D eigenvalue weighted by Crippen LogP contribution is 2.19. The summed E-state index contributed by atoms with van der Waals surface area (Å²) < 4.78 is 9.09. The molecule has 282 valence electrons. The van der Waals surface area contributed by atoms with Gasteiger partial charge in [-0.15, -0.1) is 0 Å². The second-order valence-electron chi connectivity index (χ2n) is 10.3. The molecule has 0 saturated heterocycles. The number of imidazole rings is 3. The van der Waals surface area contributed by atoms with Crippen LogP contribution < -0.4 is 11.1 Å². The molecule has 0 saturated carbocycles. The highest BCUT2D eigenvalue weighted by molar-refractivity contribution is 8.26. The van der Waals surface area contributed by atoms with Gasteiger partial charge < -0.3 is 31.1 Å². The van der Waals surface area contributed by atoms with E-state index in [0.717, 1.165) is 27.6 Å². The van der Waals surface area contributed by atoms with Crippen molar-refractivity contribution in [3.05, 3.63) is 137 Å². The maximum atomic E-state index is 12.0. The maximum Gasteiger partial charge on any atom is 0.371 e. The van der Waals surface area contributed by atoms with E-state index in [-0.39, 0.29) is 28.5 Å². The van der Waals surface area contributed by atoms with E-state index in [1.165, 1.54) is 0 Å². The number of pyridine rings is 2. The Balaban J connectivity index is 0.000000164. The molecule has 0 bridgehead atoms. The smallest absolute Gasteiger partial charge is 0.371 e. The average Bonchev–Trinajstić information content (AvgIpc) is 3.92. The molecule has 3 aromatic carbocycles. The Kier molecular flexibility index (Phi) is 15.9. The molecular formula is C34H25Cl5N10O5S. The van der Waals surface area contributed by atoms with Gasteiger partial charge in [0.2, 0.25) is 15.1 Å². The van der Waals surface area contributed by atoms with Crippen LogP contribution in [0.25, 0.3) is 33.1 Å². The van der Waals surface area contributed by atoms with E-state index >= 15 is 0 Å². The lowest BCUT2D eigenvalue weighted by Gasteiger charge is -2.03. The molecule has 21 heteroatoms. The van der Waals surface area contributed by atoms with Crippen LogP contribution in [0, 0.1) is 0 Å². The van der Waals surface area contributed by atoms with Crippen LogP contribution in [-0.4, -0.2) is 66.3 Å². The summed E-state index contributed by atoms with van der Waals surface area (Å²) in [6.07, 6.45) is 3.15. The van der Waals surface area contributed by atoms with Crippen molar-refractivity contribution in [2.45, 2.75) is 0 Å². The Morgan fingerprint density at radius 1 is 0.636 bits per heavy atom. The molecule has 0 unspecified atom stereocenters. The molecule has 5 aromatic heterocycles. The maximum absolute atomic E-state index is 12.0. The number of nitrogens with zero attached hydrogens (tertiary/aromatic N) is 5. The minimum Gasteiger partial charge on any atom is -0.475 e. The highest BCUT2D eigenvalue weighted by Gasteiger charge is 2.13. The zero-order valence-corrected chi connectivity index (χ0v) is 32.2. The molecule has 0 aliphatic heterocycles. The Labute approximate surface area is 337 Å². The number of nitrogens with one attached hydrogen (secondary N) is 4. The number of carboxylic acid groups (broad SMARTS) is 1. The Morgan fingerprint density at radius 2 is 1.05 bits per heavy atom. The number of carboxylic acids is 1. The number of nitrogen functional groups attached to an aromatic ring is 1. The number of rotatable bonds is 4. The number of hydrogen-bond acceptors (Lipinski definition) is 10. The number of carbonyl (C=O) groups excluding carboxylic acids is 2. The normalized spacial score (nSPS) is 10.1. The van der Waals surface area contributed by atoms with Gasteiger partial charge in [0.15, 0.2) is 22.0 Å². The number of nitrogens with two attached hydrogens (primary N) is 1. The molecule has 0 atom stereocenters. The first-order chi connectivity index (χ1) is 26.3. The summed E-state index contributed by atoms with van der Waals surface area (Å²) in [6.45, 7) is 0. The van der Waals surface area contributed by atoms with Crippen molar-refractivity contribution < 1.29 is 23.7 Å². The van der Waals surface area contributed by atoms with E-state index in [1.807, 2.05) is 60.7 Å². The van der Waals surface area contributed by atoms with Gasteiger partial charge in [-0.3, -0.25) is 9.59 Å². The fourth-order valence-corrected chi connectivity index (χ4v) is 4.60. The second-order valence-corrected chi connectivity index (χ2v) is 13.8. The van der Waals surface area contributed by atoms with Gasteiger partial charge in [-0.2, -0.15) is 0 Å². The van der Waals surface area contributed by atoms with Crippen LogP contribution in [0.1, 0.15) is 31.9 Å². The first-order valence-corrected chi connectivity index (χ1v) is 19.1. The van der Waals surface area contributed by atoms with Crippen molar-refractivity contribution in [3.8, 4) is 0 Å². The molecule has 55 heavy (non-hydrogen) atoms. The quantitative estimate of drug-likeness (QED) is 0.0725. The third kappa shape index (κ3) is 13.0. The number of amides is 1.